The third kappa shape index (κ3) is 3.02. The SMILES string of the molecule is CCC(CC)(CN)C(=O)N1CCN(C(=O)c2ccco2)CC1. The molecule has 6 heteroatoms. The van der Waals surface area contributed by atoms with Crippen LogP contribution in [0.15, 0.2) is 22.8 Å². The van der Waals surface area contributed by atoms with E-state index in [9.17, 15) is 9.59 Å². The largest absolute Gasteiger partial charge is 0.459 e. The molecule has 1 aromatic rings. The fraction of sp³-hybridized carbons (Fsp3) is 0.625. The lowest BCUT2D eigenvalue weighted by Crippen LogP contribution is -2.55. The molecule has 0 spiro atoms. The maximum absolute atomic E-state index is 12.7. The van der Waals surface area contributed by atoms with Crippen molar-refractivity contribution in [1.82, 2.24) is 9.80 Å². The summed E-state index contributed by atoms with van der Waals surface area (Å²) in [7, 11) is 0. The predicted octanol–water partition coefficient (Wildman–Crippen LogP) is 1.33. The minimum absolute atomic E-state index is 0.116. The third-order valence-corrected chi connectivity index (χ3v) is 4.78. The van der Waals surface area contributed by atoms with Crippen molar-refractivity contribution < 1.29 is 14.0 Å². The van der Waals surface area contributed by atoms with Crippen molar-refractivity contribution in [3.8, 4) is 0 Å². The molecule has 2 N–H and O–H groups in total. The molecule has 22 heavy (non-hydrogen) atoms. The van der Waals surface area contributed by atoms with Crippen LogP contribution in [-0.2, 0) is 4.79 Å². The van der Waals surface area contributed by atoms with Gasteiger partial charge < -0.3 is 20.0 Å². The molecule has 6 nitrogen and oxygen atoms in total. The van der Waals surface area contributed by atoms with Gasteiger partial charge in [0.05, 0.1) is 11.7 Å². The Bertz CT molecular complexity index is 492. The quantitative estimate of drug-likeness (QED) is 0.890. The lowest BCUT2D eigenvalue weighted by Gasteiger charge is -2.40. The lowest BCUT2D eigenvalue weighted by atomic mass is 9.81. The highest BCUT2D eigenvalue weighted by Crippen LogP contribution is 2.28. The Morgan fingerprint density at radius 2 is 1.77 bits per heavy atom. The first-order chi connectivity index (χ1) is 10.6. The molecule has 2 heterocycles. The number of carbonyl (C=O) groups is 2. The number of nitrogens with two attached hydrogens (primary N) is 1. The molecule has 0 atom stereocenters. The van der Waals surface area contributed by atoms with Crippen LogP contribution >= 0.6 is 0 Å². The first-order valence-electron chi connectivity index (χ1n) is 7.90. The monoisotopic (exact) mass is 307 g/mol. The van der Waals surface area contributed by atoms with Crippen LogP contribution in [0.2, 0.25) is 0 Å². The molecule has 0 radical (unpaired) electrons. The third-order valence-electron chi connectivity index (χ3n) is 4.78. The van der Waals surface area contributed by atoms with Gasteiger partial charge in [-0.2, -0.15) is 0 Å². The fourth-order valence-electron chi connectivity index (χ4n) is 2.93. The molecule has 122 valence electrons. The lowest BCUT2D eigenvalue weighted by molar-refractivity contribution is -0.143. The van der Waals surface area contributed by atoms with Crippen LogP contribution in [0.4, 0.5) is 0 Å². The first kappa shape index (κ1) is 16.5. The van der Waals surface area contributed by atoms with Crippen LogP contribution < -0.4 is 5.73 Å². The van der Waals surface area contributed by atoms with Crippen LogP contribution in [0.5, 0.6) is 0 Å². The molecule has 0 aromatic carbocycles. The zero-order valence-corrected chi connectivity index (χ0v) is 13.4. The van der Waals surface area contributed by atoms with Crippen molar-refractivity contribution in [1.29, 1.82) is 0 Å². The van der Waals surface area contributed by atoms with Gasteiger partial charge in [0.2, 0.25) is 5.91 Å². The fourth-order valence-corrected chi connectivity index (χ4v) is 2.93. The number of nitrogens with zero attached hydrogens (tertiary/aromatic N) is 2. The molecule has 0 bridgehead atoms. The van der Waals surface area contributed by atoms with Gasteiger partial charge in [-0.05, 0) is 25.0 Å². The van der Waals surface area contributed by atoms with Gasteiger partial charge in [0.25, 0.3) is 5.91 Å². The van der Waals surface area contributed by atoms with Gasteiger partial charge in [-0.3, -0.25) is 9.59 Å². The summed E-state index contributed by atoms with van der Waals surface area (Å²) in [6.45, 7) is 6.53. The molecule has 1 saturated heterocycles. The minimum atomic E-state index is -0.465. The molecule has 1 fully saturated rings. The van der Waals surface area contributed by atoms with E-state index in [2.05, 4.69) is 0 Å². The maximum atomic E-state index is 12.7. The maximum Gasteiger partial charge on any atom is 0.289 e. The summed E-state index contributed by atoms with van der Waals surface area (Å²) in [6, 6.07) is 3.36. The zero-order chi connectivity index (χ0) is 16.2. The van der Waals surface area contributed by atoms with E-state index >= 15 is 0 Å². The first-order valence-corrected chi connectivity index (χ1v) is 7.90. The molecule has 0 unspecified atom stereocenters. The van der Waals surface area contributed by atoms with E-state index in [0.717, 1.165) is 12.8 Å². The molecular weight excluding hydrogens is 282 g/mol. The molecular formula is C16H25N3O3. The molecule has 1 aromatic heterocycles. The highest BCUT2D eigenvalue weighted by molar-refractivity contribution is 5.91. The average Bonchev–Trinajstić information content (AvgIpc) is 3.11. The molecule has 2 amide bonds. The van der Waals surface area contributed by atoms with Gasteiger partial charge in [-0.1, -0.05) is 13.8 Å². The standard InChI is InChI=1S/C16H25N3O3/c1-3-16(4-2,12-17)15(21)19-9-7-18(8-10-19)14(20)13-6-5-11-22-13/h5-6,11H,3-4,7-10,12,17H2,1-2H3. The Morgan fingerprint density at radius 3 is 2.23 bits per heavy atom. The van der Waals surface area contributed by atoms with E-state index in [1.807, 2.05) is 18.7 Å². The van der Waals surface area contributed by atoms with Crippen LogP contribution in [0.25, 0.3) is 0 Å². The van der Waals surface area contributed by atoms with E-state index in [-0.39, 0.29) is 11.8 Å². The van der Waals surface area contributed by atoms with E-state index in [4.69, 9.17) is 10.2 Å². The van der Waals surface area contributed by atoms with Gasteiger partial charge in [-0.15, -0.1) is 0 Å². The second kappa shape index (κ2) is 6.96. The van der Waals surface area contributed by atoms with E-state index in [1.165, 1.54) is 6.26 Å². The number of hydrogen-bond donors (Lipinski definition) is 1. The highest BCUT2D eigenvalue weighted by Gasteiger charge is 2.38. The average molecular weight is 307 g/mol. The number of piperazine rings is 1. The molecule has 0 saturated carbocycles. The van der Waals surface area contributed by atoms with Crippen molar-refractivity contribution in [3.05, 3.63) is 24.2 Å². The van der Waals surface area contributed by atoms with Crippen molar-refractivity contribution in [2.24, 2.45) is 11.1 Å². The summed E-state index contributed by atoms with van der Waals surface area (Å²) in [5.74, 6) is 0.344. The van der Waals surface area contributed by atoms with E-state index in [1.54, 1.807) is 17.0 Å². The summed E-state index contributed by atoms with van der Waals surface area (Å²) in [6.07, 6.45) is 2.97. The topological polar surface area (TPSA) is 79.8 Å². The van der Waals surface area contributed by atoms with Gasteiger partial charge in [0, 0.05) is 32.7 Å². The van der Waals surface area contributed by atoms with Gasteiger partial charge >= 0.3 is 0 Å². The van der Waals surface area contributed by atoms with Gasteiger partial charge in [0.15, 0.2) is 5.76 Å². The number of furan rings is 1. The Balaban J connectivity index is 1.97. The van der Waals surface area contributed by atoms with Gasteiger partial charge in [0.1, 0.15) is 0 Å². The van der Waals surface area contributed by atoms with Crippen molar-refractivity contribution in [2.45, 2.75) is 26.7 Å². The van der Waals surface area contributed by atoms with E-state index < -0.39 is 5.41 Å². The van der Waals surface area contributed by atoms with Crippen LogP contribution in [0.1, 0.15) is 37.2 Å². The van der Waals surface area contributed by atoms with Crippen molar-refractivity contribution in [2.75, 3.05) is 32.7 Å². The van der Waals surface area contributed by atoms with E-state index in [0.29, 0.717) is 38.5 Å². The normalized spacial score (nSPS) is 16.0. The predicted molar refractivity (Wildman–Crippen MR) is 83.3 cm³/mol. The highest BCUT2D eigenvalue weighted by atomic mass is 16.3. The van der Waals surface area contributed by atoms with Crippen LogP contribution in [0, 0.1) is 5.41 Å². The summed E-state index contributed by atoms with van der Waals surface area (Å²) in [5, 5.41) is 0. The molecule has 1 aliphatic heterocycles. The van der Waals surface area contributed by atoms with Crippen LogP contribution in [0.3, 0.4) is 0 Å². The number of amides is 2. The number of rotatable bonds is 5. The minimum Gasteiger partial charge on any atom is -0.459 e. The number of hydrogen-bond acceptors (Lipinski definition) is 4. The Morgan fingerprint density at radius 1 is 1.18 bits per heavy atom. The summed E-state index contributed by atoms with van der Waals surface area (Å²) < 4.78 is 5.14. The summed E-state index contributed by atoms with van der Waals surface area (Å²) in [5.41, 5.74) is 5.39. The molecule has 2 rings (SSSR count). The van der Waals surface area contributed by atoms with Gasteiger partial charge in [-0.25, -0.2) is 0 Å². The second-order valence-corrected chi connectivity index (χ2v) is 5.75. The number of carbonyl (C=O) groups excluding carboxylic acids is 2. The molecule has 0 aliphatic carbocycles. The van der Waals surface area contributed by atoms with Crippen molar-refractivity contribution >= 4 is 11.8 Å². The molecule has 1 aliphatic rings. The Hall–Kier alpha value is -1.82. The second-order valence-electron chi connectivity index (χ2n) is 5.75. The zero-order valence-electron chi connectivity index (χ0n) is 13.4. The summed E-state index contributed by atoms with van der Waals surface area (Å²) >= 11 is 0. The van der Waals surface area contributed by atoms with Crippen LogP contribution in [-0.4, -0.2) is 54.3 Å². The summed E-state index contributed by atoms with van der Waals surface area (Å²) in [4.78, 5) is 28.5. The Labute approximate surface area is 131 Å². The Kier molecular flexibility index (Phi) is 5.24. The van der Waals surface area contributed by atoms with Crippen molar-refractivity contribution in [3.63, 3.8) is 0 Å². The smallest absolute Gasteiger partial charge is 0.289 e.